The summed E-state index contributed by atoms with van der Waals surface area (Å²) in [6.07, 6.45) is 7.01. The maximum atomic E-state index is 11.5. The molecule has 2 heterocycles. The van der Waals surface area contributed by atoms with E-state index in [0.29, 0.717) is 0 Å². The number of hydrogen-bond donors (Lipinski definition) is 0. The summed E-state index contributed by atoms with van der Waals surface area (Å²) in [5.74, 6) is 0. The van der Waals surface area contributed by atoms with Gasteiger partial charge in [-0.2, -0.15) is 0 Å². The van der Waals surface area contributed by atoms with Crippen molar-refractivity contribution in [3.8, 4) is 22.4 Å². The molecule has 104 valence electrons. The molecule has 0 aliphatic heterocycles. The van der Waals surface area contributed by atoms with Gasteiger partial charge in [0.1, 0.15) is 6.26 Å². The van der Waals surface area contributed by atoms with Gasteiger partial charge in [-0.3, -0.25) is 9.97 Å². The SMILES string of the molecule is C[S+]([O-])c1ccc(-c2cccnc2-c2cccnc2)cc1. The molecule has 2 aromatic heterocycles. The summed E-state index contributed by atoms with van der Waals surface area (Å²) in [4.78, 5) is 9.46. The van der Waals surface area contributed by atoms with Crippen molar-refractivity contribution >= 4 is 11.2 Å². The number of benzene rings is 1. The van der Waals surface area contributed by atoms with Crippen molar-refractivity contribution in [3.05, 3.63) is 67.1 Å². The minimum atomic E-state index is -0.961. The molecule has 0 bridgehead atoms. The van der Waals surface area contributed by atoms with E-state index in [-0.39, 0.29) is 0 Å². The van der Waals surface area contributed by atoms with Gasteiger partial charge in [0.05, 0.1) is 5.69 Å². The van der Waals surface area contributed by atoms with Crippen LogP contribution in [0.4, 0.5) is 0 Å². The highest BCUT2D eigenvalue weighted by Crippen LogP contribution is 2.30. The monoisotopic (exact) mass is 294 g/mol. The van der Waals surface area contributed by atoms with Crippen LogP contribution in [-0.4, -0.2) is 20.8 Å². The minimum absolute atomic E-state index is 0.825. The van der Waals surface area contributed by atoms with E-state index in [1.54, 1.807) is 24.8 Å². The van der Waals surface area contributed by atoms with E-state index in [1.807, 2.05) is 48.5 Å². The second-order valence-electron chi connectivity index (χ2n) is 4.62. The molecule has 1 aromatic carbocycles. The van der Waals surface area contributed by atoms with Gasteiger partial charge in [0.2, 0.25) is 0 Å². The third-order valence-corrected chi connectivity index (χ3v) is 4.18. The molecule has 3 nitrogen and oxygen atoms in total. The minimum Gasteiger partial charge on any atom is -0.612 e. The molecule has 1 atom stereocenters. The van der Waals surface area contributed by atoms with Crippen molar-refractivity contribution in [2.75, 3.05) is 6.26 Å². The second-order valence-corrected chi connectivity index (χ2v) is 6.00. The molecular weight excluding hydrogens is 280 g/mol. The topological polar surface area (TPSA) is 48.8 Å². The Kier molecular flexibility index (Phi) is 3.99. The van der Waals surface area contributed by atoms with Gasteiger partial charge >= 0.3 is 0 Å². The van der Waals surface area contributed by atoms with Gasteiger partial charge in [0.15, 0.2) is 4.90 Å². The first-order chi connectivity index (χ1) is 10.3. The lowest BCUT2D eigenvalue weighted by Crippen LogP contribution is -1.96. The molecule has 0 saturated carbocycles. The molecular formula is C17H14N2OS. The zero-order valence-electron chi connectivity index (χ0n) is 11.6. The Bertz CT molecular complexity index is 727. The van der Waals surface area contributed by atoms with Crippen LogP contribution >= 0.6 is 0 Å². The molecule has 3 rings (SSSR count). The number of aromatic nitrogens is 2. The first-order valence-electron chi connectivity index (χ1n) is 6.55. The van der Waals surface area contributed by atoms with E-state index < -0.39 is 11.2 Å². The summed E-state index contributed by atoms with van der Waals surface area (Å²) >= 11 is -0.961. The lowest BCUT2D eigenvalue weighted by atomic mass is 10.0. The van der Waals surface area contributed by atoms with Crippen LogP contribution in [0.25, 0.3) is 22.4 Å². The van der Waals surface area contributed by atoms with Crippen molar-refractivity contribution in [2.24, 2.45) is 0 Å². The molecule has 0 spiro atoms. The largest absolute Gasteiger partial charge is 0.612 e. The molecule has 0 aliphatic rings. The van der Waals surface area contributed by atoms with Crippen molar-refractivity contribution < 1.29 is 4.55 Å². The van der Waals surface area contributed by atoms with Crippen LogP contribution in [0.5, 0.6) is 0 Å². The van der Waals surface area contributed by atoms with Crippen LogP contribution in [0.15, 0.2) is 72.0 Å². The predicted molar refractivity (Wildman–Crippen MR) is 85.2 cm³/mol. The summed E-state index contributed by atoms with van der Waals surface area (Å²) in [7, 11) is 0. The van der Waals surface area contributed by atoms with Gasteiger partial charge in [-0.1, -0.05) is 6.07 Å². The maximum absolute atomic E-state index is 11.5. The number of hydrogen-bond acceptors (Lipinski definition) is 3. The number of nitrogens with zero attached hydrogens (tertiary/aromatic N) is 2. The van der Waals surface area contributed by atoms with Crippen molar-refractivity contribution in [1.29, 1.82) is 0 Å². The van der Waals surface area contributed by atoms with Gasteiger partial charge in [-0.05, 0) is 59.2 Å². The lowest BCUT2D eigenvalue weighted by Gasteiger charge is -2.09. The predicted octanol–water partition coefficient (Wildman–Crippen LogP) is 3.55. The van der Waals surface area contributed by atoms with E-state index in [0.717, 1.165) is 27.3 Å². The maximum Gasteiger partial charge on any atom is 0.152 e. The van der Waals surface area contributed by atoms with Gasteiger partial charge in [0, 0.05) is 29.7 Å². The standard InChI is InChI=1S/C17H14N2OS/c1-21(20)15-8-6-13(7-9-15)16-5-3-11-19-17(16)14-4-2-10-18-12-14/h2-12H,1H3. The van der Waals surface area contributed by atoms with Crippen LogP contribution < -0.4 is 0 Å². The highest BCUT2D eigenvalue weighted by atomic mass is 32.2. The van der Waals surface area contributed by atoms with Crippen LogP contribution in [0.3, 0.4) is 0 Å². The molecule has 0 fully saturated rings. The molecule has 3 aromatic rings. The van der Waals surface area contributed by atoms with Crippen molar-refractivity contribution in [2.45, 2.75) is 4.90 Å². The van der Waals surface area contributed by atoms with Crippen LogP contribution in [0, 0.1) is 0 Å². The van der Waals surface area contributed by atoms with E-state index >= 15 is 0 Å². The van der Waals surface area contributed by atoms with Gasteiger partial charge in [0.25, 0.3) is 0 Å². The summed E-state index contributed by atoms with van der Waals surface area (Å²) in [6, 6.07) is 15.6. The fourth-order valence-corrected chi connectivity index (χ4v) is 2.72. The molecule has 1 unspecified atom stereocenters. The van der Waals surface area contributed by atoms with Crippen molar-refractivity contribution in [3.63, 3.8) is 0 Å². The highest BCUT2D eigenvalue weighted by molar-refractivity contribution is 7.90. The summed E-state index contributed by atoms with van der Waals surface area (Å²) in [5.41, 5.74) is 3.97. The molecule has 0 saturated heterocycles. The Morgan fingerprint density at radius 3 is 2.33 bits per heavy atom. The molecule has 4 heteroatoms. The van der Waals surface area contributed by atoms with Gasteiger partial charge in [-0.25, -0.2) is 0 Å². The third kappa shape index (κ3) is 2.96. The van der Waals surface area contributed by atoms with Gasteiger partial charge < -0.3 is 4.55 Å². The van der Waals surface area contributed by atoms with E-state index in [2.05, 4.69) is 9.97 Å². The summed E-state index contributed by atoms with van der Waals surface area (Å²) in [5, 5.41) is 0. The molecule has 0 aliphatic carbocycles. The molecule has 0 N–H and O–H groups in total. The second kappa shape index (κ2) is 6.08. The molecule has 0 amide bonds. The first kappa shape index (κ1) is 13.8. The Hall–Kier alpha value is -2.17. The third-order valence-electron chi connectivity index (χ3n) is 3.24. The Morgan fingerprint density at radius 2 is 1.67 bits per heavy atom. The summed E-state index contributed by atoms with van der Waals surface area (Å²) < 4.78 is 11.5. The normalized spacial score (nSPS) is 12.1. The van der Waals surface area contributed by atoms with Crippen LogP contribution in [0.2, 0.25) is 0 Å². The Labute approximate surface area is 126 Å². The zero-order chi connectivity index (χ0) is 14.7. The number of pyridine rings is 2. The lowest BCUT2D eigenvalue weighted by molar-refractivity contribution is 0.601. The Balaban J connectivity index is 2.07. The average molecular weight is 294 g/mol. The fraction of sp³-hybridized carbons (Fsp3) is 0.0588. The first-order valence-corrected chi connectivity index (χ1v) is 8.11. The quantitative estimate of drug-likeness (QED) is 0.694. The smallest absolute Gasteiger partial charge is 0.152 e. The van der Waals surface area contributed by atoms with Crippen LogP contribution in [0.1, 0.15) is 0 Å². The highest BCUT2D eigenvalue weighted by Gasteiger charge is 2.10. The van der Waals surface area contributed by atoms with Crippen LogP contribution in [-0.2, 0) is 11.2 Å². The van der Waals surface area contributed by atoms with E-state index in [1.165, 1.54) is 0 Å². The fourth-order valence-electron chi connectivity index (χ4n) is 2.20. The molecule has 0 radical (unpaired) electrons. The van der Waals surface area contributed by atoms with E-state index in [9.17, 15) is 4.55 Å². The summed E-state index contributed by atoms with van der Waals surface area (Å²) in [6.45, 7) is 0. The average Bonchev–Trinajstić information content (AvgIpc) is 2.56. The molecule has 21 heavy (non-hydrogen) atoms. The van der Waals surface area contributed by atoms with Crippen molar-refractivity contribution in [1.82, 2.24) is 9.97 Å². The zero-order valence-corrected chi connectivity index (χ0v) is 12.4. The Morgan fingerprint density at radius 1 is 0.905 bits per heavy atom. The van der Waals surface area contributed by atoms with E-state index in [4.69, 9.17) is 0 Å². The number of rotatable bonds is 3. The van der Waals surface area contributed by atoms with Gasteiger partial charge in [-0.15, -0.1) is 0 Å².